The molecule has 1 atom stereocenters. The number of carbonyl (C=O) groups excluding carboxylic acids is 2. The van der Waals surface area contributed by atoms with Crippen LogP contribution in [0.25, 0.3) is 0 Å². The highest BCUT2D eigenvalue weighted by Crippen LogP contribution is 2.27. The summed E-state index contributed by atoms with van der Waals surface area (Å²) in [5, 5.41) is 0.00826. The van der Waals surface area contributed by atoms with Crippen LogP contribution in [-0.4, -0.2) is 32.8 Å². The Morgan fingerprint density at radius 3 is 2.32 bits per heavy atom. The first-order chi connectivity index (χ1) is 16.1. The molecule has 0 radical (unpaired) electrons. The number of Topliss-reactive ketones (excluding diaryl/α,β-unsaturated/α-hetero) is 1. The molecule has 0 aromatic heterocycles. The van der Waals surface area contributed by atoms with Crippen LogP contribution >= 0.6 is 11.6 Å². The summed E-state index contributed by atoms with van der Waals surface area (Å²) < 4.78 is 33.3. The molecule has 0 aliphatic carbocycles. The predicted molar refractivity (Wildman–Crippen MR) is 133 cm³/mol. The van der Waals surface area contributed by atoms with Crippen LogP contribution in [0, 0.1) is 6.92 Å². The zero-order chi connectivity index (χ0) is 24.9. The fraction of sp³-hybridized carbons (Fsp3) is 0.154. The van der Waals surface area contributed by atoms with Gasteiger partial charge in [0.25, 0.3) is 10.0 Å². The number of benzene rings is 3. The number of halogens is 1. The Morgan fingerprint density at radius 1 is 1.06 bits per heavy atom. The topological polar surface area (TPSA) is 80.8 Å². The molecule has 0 saturated carbocycles. The van der Waals surface area contributed by atoms with E-state index in [1.807, 2.05) is 6.92 Å². The smallest absolute Gasteiger partial charge is 0.340 e. The molecule has 0 aliphatic rings. The second-order valence-corrected chi connectivity index (χ2v) is 9.85. The number of nitrogens with zero attached hydrogens (tertiary/aromatic N) is 1. The van der Waals surface area contributed by atoms with Crippen molar-refractivity contribution < 1.29 is 22.7 Å². The van der Waals surface area contributed by atoms with Gasteiger partial charge in [-0.3, -0.25) is 9.10 Å². The average molecular weight is 498 g/mol. The number of rotatable bonds is 9. The van der Waals surface area contributed by atoms with Crippen molar-refractivity contribution in [2.45, 2.75) is 24.8 Å². The summed E-state index contributed by atoms with van der Waals surface area (Å²) in [6.07, 6.45) is 0.377. The van der Waals surface area contributed by atoms with Gasteiger partial charge >= 0.3 is 5.97 Å². The lowest BCUT2D eigenvalue weighted by Crippen LogP contribution is -2.31. The molecule has 3 rings (SSSR count). The van der Waals surface area contributed by atoms with Crippen LogP contribution in [0.3, 0.4) is 0 Å². The van der Waals surface area contributed by atoms with E-state index < -0.39 is 22.1 Å². The predicted octanol–water partition coefficient (Wildman–Crippen LogP) is 5.46. The molecule has 176 valence electrons. The molecular weight excluding hydrogens is 474 g/mol. The van der Waals surface area contributed by atoms with Crippen molar-refractivity contribution in [2.75, 3.05) is 10.8 Å². The van der Waals surface area contributed by atoms with Crippen LogP contribution in [0.5, 0.6) is 0 Å². The zero-order valence-corrected chi connectivity index (χ0v) is 20.3. The van der Waals surface area contributed by atoms with Gasteiger partial charge < -0.3 is 4.74 Å². The van der Waals surface area contributed by atoms with Gasteiger partial charge in [0, 0.05) is 5.56 Å². The van der Waals surface area contributed by atoms with E-state index >= 15 is 0 Å². The monoisotopic (exact) mass is 497 g/mol. The Morgan fingerprint density at radius 2 is 1.71 bits per heavy atom. The number of sulfonamides is 1. The van der Waals surface area contributed by atoms with Crippen molar-refractivity contribution in [2.24, 2.45) is 0 Å². The third-order valence-corrected chi connectivity index (χ3v) is 7.19. The van der Waals surface area contributed by atoms with E-state index in [1.165, 1.54) is 29.4 Å². The maximum atomic E-state index is 13.4. The summed E-state index contributed by atoms with van der Waals surface area (Å²) in [4.78, 5) is 25.3. The van der Waals surface area contributed by atoms with Gasteiger partial charge in [-0.1, -0.05) is 65.7 Å². The standard InChI is InChI=1S/C26H24ClNO5S/c1-4-16-28(21-8-6-5-7-9-21)34(31,32)22-14-15-24(27)23(17-22)26(30)33-19(3)25(29)20-12-10-18(2)11-13-20/h4-15,17,19H,1,16H2,2-3H3/t19-/m0/s1. The molecule has 0 unspecified atom stereocenters. The Kier molecular flexibility index (Phi) is 7.91. The normalized spacial score (nSPS) is 12.0. The lowest BCUT2D eigenvalue weighted by atomic mass is 10.1. The molecule has 8 heteroatoms. The molecule has 3 aromatic carbocycles. The molecule has 0 amide bonds. The highest BCUT2D eigenvalue weighted by molar-refractivity contribution is 7.92. The van der Waals surface area contributed by atoms with Crippen molar-refractivity contribution in [3.63, 3.8) is 0 Å². The number of hydrogen-bond donors (Lipinski definition) is 0. The van der Waals surface area contributed by atoms with Gasteiger partial charge in [-0.05, 0) is 44.2 Å². The summed E-state index contributed by atoms with van der Waals surface area (Å²) in [5.74, 6) is -1.28. The van der Waals surface area contributed by atoms with E-state index in [9.17, 15) is 18.0 Å². The van der Waals surface area contributed by atoms with E-state index in [4.69, 9.17) is 16.3 Å². The van der Waals surface area contributed by atoms with Crippen LogP contribution in [0.4, 0.5) is 5.69 Å². The summed E-state index contributed by atoms with van der Waals surface area (Å²) in [6.45, 7) is 7.02. The first kappa shape index (κ1) is 25.2. The van der Waals surface area contributed by atoms with E-state index in [0.29, 0.717) is 11.3 Å². The van der Waals surface area contributed by atoms with Crippen molar-refractivity contribution >= 4 is 39.1 Å². The molecule has 0 fully saturated rings. The molecule has 34 heavy (non-hydrogen) atoms. The lowest BCUT2D eigenvalue weighted by Gasteiger charge is -2.23. The minimum Gasteiger partial charge on any atom is -0.451 e. The molecule has 0 spiro atoms. The molecular formula is C26H24ClNO5S. The van der Waals surface area contributed by atoms with Crippen molar-refractivity contribution in [1.29, 1.82) is 0 Å². The second kappa shape index (κ2) is 10.7. The highest BCUT2D eigenvalue weighted by Gasteiger charge is 2.27. The maximum Gasteiger partial charge on any atom is 0.340 e. The average Bonchev–Trinajstić information content (AvgIpc) is 2.83. The summed E-state index contributed by atoms with van der Waals surface area (Å²) in [7, 11) is -4.05. The summed E-state index contributed by atoms with van der Waals surface area (Å²) in [6, 6.07) is 19.2. The first-order valence-corrected chi connectivity index (χ1v) is 12.3. The van der Waals surface area contributed by atoms with Gasteiger partial charge in [0.15, 0.2) is 6.10 Å². The minimum absolute atomic E-state index is 0.00826. The van der Waals surface area contributed by atoms with E-state index in [0.717, 1.165) is 11.6 Å². The zero-order valence-electron chi connectivity index (χ0n) is 18.8. The van der Waals surface area contributed by atoms with Gasteiger partial charge in [-0.25, -0.2) is 13.2 Å². The first-order valence-electron chi connectivity index (χ1n) is 10.4. The summed E-state index contributed by atoms with van der Waals surface area (Å²) >= 11 is 6.19. The van der Waals surface area contributed by atoms with Crippen molar-refractivity contribution in [1.82, 2.24) is 0 Å². The van der Waals surface area contributed by atoms with Crippen LogP contribution < -0.4 is 4.31 Å². The molecule has 6 nitrogen and oxygen atoms in total. The van der Waals surface area contributed by atoms with Gasteiger partial charge in [-0.15, -0.1) is 6.58 Å². The van der Waals surface area contributed by atoms with Crippen LogP contribution in [0.1, 0.15) is 33.2 Å². The number of para-hydroxylation sites is 1. The highest BCUT2D eigenvalue weighted by atomic mass is 35.5. The van der Waals surface area contributed by atoms with Gasteiger partial charge in [0.1, 0.15) is 0 Å². The summed E-state index contributed by atoms with van der Waals surface area (Å²) in [5.41, 5.74) is 1.68. The molecule has 0 N–H and O–H groups in total. The number of ether oxygens (including phenoxy) is 1. The lowest BCUT2D eigenvalue weighted by molar-refractivity contribution is 0.0318. The Hall–Kier alpha value is -3.42. The maximum absolute atomic E-state index is 13.4. The van der Waals surface area contributed by atoms with Gasteiger partial charge in [0.05, 0.1) is 27.7 Å². The quantitative estimate of drug-likeness (QED) is 0.223. The van der Waals surface area contributed by atoms with Crippen LogP contribution in [-0.2, 0) is 14.8 Å². The number of esters is 1. The molecule has 0 bridgehead atoms. The van der Waals surface area contributed by atoms with E-state index in [2.05, 4.69) is 6.58 Å². The molecule has 3 aromatic rings. The Balaban J connectivity index is 1.88. The van der Waals surface area contributed by atoms with Gasteiger partial charge in [0.2, 0.25) is 5.78 Å². The fourth-order valence-electron chi connectivity index (χ4n) is 3.23. The minimum atomic E-state index is -4.05. The number of aryl methyl sites for hydroxylation is 1. The molecule has 0 aliphatic heterocycles. The Bertz CT molecular complexity index is 1300. The number of ketones is 1. The number of hydrogen-bond acceptors (Lipinski definition) is 5. The van der Waals surface area contributed by atoms with Crippen molar-refractivity contribution in [3.8, 4) is 0 Å². The third kappa shape index (κ3) is 5.55. The fourth-order valence-corrected chi connectivity index (χ4v) is 4.89. The third-order valence-electron chi connectivity index (χ3n) is 5.07. The van der Waals surface area contributed by atoms with Crippen molar-refractivity contribution in [3.05, 3.63) is 107 Å². The SMILES string of the molecule is C=CCN(c1ccccc1)S(=O)(=O)c1ccc(Cl)c(C(=O)O[C@@H](C)C(=O)c2ccc(C)cc2)c1. The van der Waals surface area contributed by atoms with Crippen LogP contribution in [0.15, 0.2) is 90.3 Å². The van der Waals surface area contributed by atoms with E-state index in [-0.39, 0.29) is 27.8 Å². The van der Waals surface area contributed by atoms with E-state index in [1.54, 1.807) is 54.6 Å². The Labute approximate surface area is 204 Å². The number of carbonyl (C=O) groups is 2. The largest absolute Gasteiger partial charge is 0.451 e. The molecule has 0 heterocycles. The number of anilines is 1. The van der Waals surface area contributed by atoms with Gasteiger partial charge in [-0.2, -0.15) is 0 Å². The second-order valence-electron chi connectivity index (χ2n) is 7.58. The van der Waals surface area contributed by atoms with Crippen LogP contribution in [0.2, 0.25) is 5.02 Å². The molecule has 0 saturated heterocycles.